The minimum atomic E-state index is -0.991. The second-order valence-corrected chi connectivity index (χ2v) is 4.62. The first-order chi connectivity index (χ1) is 4.26. The van der Waals surface area contributed by atoms with Gasteiger partial charge in [0, 0.05) is 14.2 Å². The lowest BCUT2D eigenvalue weighted by atomic mass is 11.3. The lowest BCUT2D eigenvalue weighted by molar-refractivity contribution is -0.0477. The first kappa shape index (κ1) is 9.10. The van der Waals surface area contributed by atoms with Gasteiger partial charge in [0.15, 0.2) is 14.9 Å². The number of nitrogens with one attached hydrogen (secondary N) is 1. The van der Waals surface area contributed by atoms with Gasteiger partial charge in [0.05, 0.1) is 0 Å². The average molecular weight is 149 g/mol. The zero-order valence-electron chi connectivity index (χ0n) is 6.47. The Labute approximate surface area is 58.0 Å². The van der Waals surface area contributed by atoms with E-state index in [9.17, 15) is 0 Å². The molecule has 0 spiro atoms. The minimum Gasteiger partial charge on any atom is -0.358 e. The molecule has 0 aliphatic carbocycles. The van der Waals surface area contributed by atoms with Crippen molar-refractivity contribution >= 4 is 8.96 Å². The Balaban J connectivity index is 3.50. The zero-order valence-corrected chi connectivity index (χ0v) is 7.63. The molecule has 0 saturated heterocycles. The molecule has 0 bridgehead atoms. The van der Waals surface area contributed by atoms with E-state index in [2.05, 4.69) is 11.5 Å². The van der Waals surface area contributed by atoms with Gasteiger partial charge in [-0.15, -0.1) is 0 Å². The van der Waals surface area contributed by atoms with E-state index in [1.54, 1.807) is 14.2 Å². The molecule has 0 aromatic carbocycles. The third-order valence-electron chi connectivity index (χ3n) is 1.33. The quantitative estimate of drug-likeness (QED) is 0.440. The number of methoxy groups -OCH3 is 2. The van der Waals surface area contributed by atoms with Gasteiger partial charge in [0.1, 0.15) is 0 Å². The molecular formula is C5H15NO2Si. The van der Waals surface area contributed by atoms with E-state index in [-0.39, 0.29) is 5.91 Å². The second-order valence-electron chi connectivity index (χ2n) is 1.92. The summed E-state index contributed by atoms with van der Waals surface area (Å²) in [6.07, 6.45) is 0. The zero-order chi connectivity index (χ0) is 7.28. The van der Waals surface area contributed by atoms with E-state index in [0.717, 1.165) is 0 Å². The fraction of sp³-hybridized carbons (Fsp3) is 1.00. The van der Waals surface area contributed by atoms with Crippen LogP contribution >= 0.6 is 0 Å². The smallest absolute Gasteiger partial charge is 0.171 e. The third-order valence-corrected chi connectivity index (χ3v) is 3.60. The van der Waals surface area contributed by atoms with Crippen LogP contribution in [-0.4, -0.2) is 36.1 Å². The van der Waals surface area contributed by atoms with Gasteiger partial charge in [0.2, 0.25) is 0 Å². The molecule has 0 amide bonds. The van der Waals surface area contributed by atoms with E-state index in [1.165, 1.54) is 0 Å². The molecule has 3 nitrogen and oxygen atoms in total. The molecule has 0 aliphatic rings. The molecule has 9 heavy (non-hydrogen) atoms. The van der Waals surface area contributed by atoms with Crippen LogP contribution in [0.1, 0.15) is 0 Å². The summed E-state index contributed by atoms with van der Waals surface area (Å²) in [7, 11) is 4.27. The van der Waals surface area contributed by atoms with Gasteiger partial charge in [-0.2, -0.15) is 0 Å². The van der Waals surface area contributed by atoms with Crippen molar-refractivity contribution in [3.05, 3.63) is 0 Å². The number of hydrogen-bond donors (Lipinski definition) is 1. The molecule has 0 rings (SSSR count). The summed E-state index contributed by atoms with van der Waals surface area (Å²) in [6, 6.07) is 0. The molecule has 0 fully saturated rings. The SMILES string of the molecule is CN[SiH](C)C(OC)OC. The molecule has 0 radical (unpaired) electrons. The molecule has 1 N–H and O–H groups in total. The van der Waals surface area contributed by atoms with Crippen LogP contribution in [0.5, 0.6) is 0 Å². The molecule has 0 saturated carbocycles. The number of rotatable bonds is 4. The summed E-state index contributed by atoms with van der Waals surface area (Å²) in [6.45, 7) is 2.14. The van der Waals surface area contributed by atoms with Crippen molar-refractivity contribution in [3.63, 3.8) is 0 Å². The van der Waals surface area contributed by atoms with Gasteiger partial charge in [-0.25, -0.2) is 0 Å². The van der Waals surface area contributed by atoms with Gasteiger partial charge in [-0.1, -0.05) is 6.55 Å². The summed E-state index contributed by atoms with van der Waals surface area (Å²) in [5.74, 6) is -0.00463. The maximum absolute atomic E-state index is 5.03. The van der Waals surface area contributed by atoms with Crippen molar-refractivity contribution in [2.24, 2.45) is 0 Å². The largest absolute Gasteiger partial charge is 0.358 e. The van der Waals surface area contributed by atoms with Gasteiger partial charge in [-0.05, 0) is 7.05 Å². The highest BCUT2D eigenvalue weighted by Crippen LogP contribution is 1.92. The van der Waals surface area contributed by atoms with E-state index in [0.29, 0.717) is 0 Å². The van der Waals surface area contributed by atoms with Gasteiger partial charge in [-0.3, -0.25) is 0 Å². The lowest BCUT2D eigenvalue weighted by Gasteiger charge is -2.18. The van der Waals surface area contributed by atoms with Crippen LogP contribution in [-0.2, 0) is 9.47 Å². The summed E-state index contributed by atoms with van der Waals surface area (Å²) >= 11 is 0. The van der Waals surface area contributed by atoms with Crippen molar-refractivity contribution in [2.45, 2.75) is 12.5 Å². The van der Waals surface area contributed by atoms with Gasteiger partial charge < -0.3 is 14.5 Å². The van der Waals surface area contributed by atoms with Crippen molar-refractivity contribution in [1.82, 2.24) is 4.98 Å². The van der Waals surface area contributed by atoms with Crippen LogP contribution in [0, 0.1) is 0 Å². The fourth-order valence-electron chi connectivity index (χ4n) is 0.641. The molecule has 0 heterocycles. The minimum absolute atomic E-state index is 0.00463. The predicted octanol–water partition coefficient (Wildman–Crippen LogP) is -0.283. The van der Waals surface area contributed by atoms with E-state index in [1.807, 2.05) is 7.05 Å². The Morgan fingerprint density at radius 3 is 1.89 bits per heavy atom. The summed E-state index contributed by atoms with van der Waals surface area (Å²) in [5, 5.41) is 0. The van der Waals surface area contributed by atoms with Crippen molar-refractivity contribution < 1.29 is 9.47 Å². The third kappa shape index (κ3) is 2.95. The van der Waals surface area contributed by atoms with Crippen molar-refractivity contribution in [2.75, 3.05) is 21.3 Å². The van der Waals surface area contributed by atoms with Crippen LogP contribution in [0.15, 0.2) is 0 Å². The van der Waals surface area contributed by atoms with Gasteiger partial charge >= 0.3 is 0 Å². The van der Waals surface area contributed by atoms with E-state index in [4.69, 9.17) is 9.47 Å². The monoisotopic (exact) mass is 149 g/mol. The Morgan fingerprint density at radius 2 is 1.78 bits per heavy atom. The molecule has 1 atom stereocenters. The number of ether oxygens (including phenoxy) is 2. The van der Waals surface area contributed by atoms with E-state index >= 15 is 0 Å². The van der Waals surface area contributed by atoms with Crippen LogP contribution in [0.4, 0.5) is 0 Å². The van der Waals surface area contributed by atoms with Crippen molar-refractivity contribution in [3.8, 4) is 0 Å². The molecular weight excluding hydrogens is 134 g/mol. The van der Waals surface area contributed by atoms with E-state index < -0.39 is 8.96 Å². The van der Waals surface area contributed by atoms with Crippen molar-refractivity contribution in [1.29, 1.82) is 0 Å². The Bertz CT molecular complexity index is 68.0. The topological polar surface area (TPSA) is 30.5 Å². The Hall–Kier alpha value is 0.0969. The molecule has 4 heteroatoms. The first-order valence-electron chi connectivity index (χ1n) is 2.99. The first-order valence-corrected chi connectivity index (χ1v) is 5.39. The molecule has 56 valence electrons. The average Bonchev–Trinajstić information content (AvgIpc) is 1.90. The maximum Gasteiger partial charge on any atom is 0.171 e. The predicted molar refractivity (Wildman–Crippen MR) is 39.9 cm³/mol. The maximum atomic E-state index is 5.03. The number of hydrogen-bond acceptors (Lipinski definition) is 3. The summed E-state index contributed by atoms with van der Waals surface area (Å²) in [4.78, 5) is 3.16. The van der Waals surface area contributed by atoms with Crippen LogP contribution in [0.2, 0.25) is 6.55 Å². The highest BCUT2D eigenvalue weighted by Gasteiger charge is 2.14. The molecule has 0 aliphatic heterocycles. The summed E-state index contributed by atoms with van der Waals surface area (Å²) in [5.41, 5.74) is 0. The fourth-order valence-corrected chi connectivity index (χ4v) is 1.73. The van der Waals surface area contributed by atoms with Crippen LogP contribution in [0.3, 0.4) is 0 Å². The van der Waals surface area contributed by atoms with Crippen LogP contribution < -0.4 is 4.98 Å². The van der Waals surface area contributed by atoms with Crippen LogP contribution in [0.25, 0.3) is 0 Å². The lowest BCUT2D eigenvalue weighted by Crippen LogP contribution is -2.42. The van der Waals surface area contributed by atoms with Gasteiger partial charge in [0.25, 0.3) is 0 Å². The standard InChI is InChI=1S/C5H15NO2Si/c1-6-9(4)5(7-2)8-3/h5-6,9H,1-4H3. The highest BCUT2D eigenvalue weighted by molar-refractivity contribution is 6.55. The molecule has 0 aromatic heterocycles. The molecule has 1 unspecified atom stereocenters. The molecule has 0 aromatic rings. The Kier molecular flexibility index (Phi) is 4.98. The summed E-state index contributed by atoms with van der Waals surface area (Å²) < 4.78 is 10.1. The highest BCUT2D eigenvalue weighted by atomic mass is 28.3. The normalized spacial score (nSPS) is 14.3. The Morgan fingerprint density at radius 1 is 1.33 bits per heavy atom. The second kappa shape index (κ2) is 4.93.